The summed E-state index contributed by atoms with van der Waals surface area (Å²) in [5, 5.41) is 0. The van der Waals surface area contributed by atoms with Gasteiger partial charge in [0.05, 0.1) is 0 Å². The molecule has 1 nitrogen and oxygen atoms in total. The summed E-state index contributed by atoms with van der Waals surface area (Å²) in [5.74, 6) is 2.42. The summed E-state index contributed by atoms with van der Waals surface area (Å²) in [7, 11) is 0. The van der Waals surface area contributed by atoms with Gasteiger partial charge in [0.25, 0.3) is 0 Å². The molecule has 0 amide bonds. The SMILES string of the molecule is C=C(CN1CCSCC(C)C1)[B-](F)(F)F. The lowest BCUT2D eigenvalue weighted by Crippen LogP contribution is -2.35. The van der Waals surface area contributed by atoms with Gasteiger partial charge in [0.2, 0.25) is 0 Å². The first-order chi connectivity index (χ1) is 6.89. The fourth-order valence-corrected chi connectivity index (χ4v) is 2.66. The van der Waals surface area contributed by atoms with E-state index in [-0.39, 0.29) is 6.54 Å². The first-order valence-corrected chi connectivity index (χ1v) is 6.23. The van der Waals surface area contributed by atoms with Crippen LogP contribution in [0, 0.1) is 5.92 Å². The van der Waals surface area contributed by atoms with Gasteiger partial charge in [-0.3, -0.25) is 0 Å². The molecular formula is C9H16BF3NS-. The minimum atomic E-state index is -4.87. The molecule has 0 spiro atoms. The van der Waals surface area contributed by atoms with Crippen LogP contribution in [-0.4, -0.2) is 43.0 Å². The van der Waals surface area contributed by atoms with E-state index < -0.39 is 12.4 Å². The van der Waals surface area contributed by atoms with E-state index in [0.717, 1.165) is 24.6 Å². The first-order valence-electron chi connectivity index (χ1n) is 5.07. The van der Waals surface area contributed by atoms with E-state index in [0.29, 0.717) is 5.92 Å². The number of hydrogen-bond acceptors (Lipinski definition) is 2. The second-order valence-electron chi connectivity index (χ2n) is 4.15. The fourth-order valence-electron chi connectivity index (χ4n) is 1.60. The highest BCUT2D eigenvalue weighted by atomic mass is 32.2. The largest absolute Gasteiger partial charge is 0.506 e. The van der Waals surface area contributed by atoms with Crippen molar-refractivity contribution in [2.75, 3.05) is 31.1 Å². The summed E-state index contributed by atoms with van der Waals surface area (Å²) in [6.07, 6.45) is 0. The summed E-state index contributed by atoms with van der Waals surface area (Å²) in [6, 6.07) is 0. The normalized spacial score (nSPS) is 24.9. The minimum absolute atomic E-state index is 0.0194. The number of nitrogens with zero attached hydrogens (tertiary/aromatic N) is 1. The van der Waals surface area contributed by atoms with Crippen LogP contribution in [0.5, 0.6) is 0 Å². The van der Waals surface area contributed by atoms with Crippen LogP contribution in [0.25, 0.3) is 0 Å². The molecule has 1 fully saturated rings. The van der Waals surface area contributed by atoms with E-state index in [1.54, 1.807) is 0 Å². The van der Waals surface area contributed by atoms with Crippen LogP contribution in [0.2, 0.25) is 0 Å². The van der Waals surface area contributed by atoms with Crippen molar-refractivity contribution in [1.29, 1.82) is 0 Å². The van der Waals surface area contributed by atoms with Gasteiger partial charge >= 0.3 is 6.98 Å². The first kappa shape index (κ1) is 13.0. The van der Waals surface area contributed by atoms with E-state index >= 15 is 0 Å². The molecule has 1 rings (SSSR count). The van der Waals surface area contributed by atoms with Gasteiger partial charge in [-0.05, 0) is 18.2 Å². The van der Waals surface area contributed by atoms with E-state index in [9.17, 15) is 12.9 Å². The highest BCUT2D eigenvalue weighted by molar-refractivity contribution is 7.99. The van der Waals surface area contributed by atoms with Crippen molar-refractivity contribution in [3.8, 4) is 0 Å². The van der Waals surface area contributed by atoms with Crippen LogP contribution in [0.3, 0.4) is 0 Å². The number of rotatable bonds is 3. The van der Waals surface area contributed by atoms with Crippen LogP contribution in [-0.2, 0) is 0 Å². The average Bonchev–Trinajstić information content (AvgIpc) is 2.28. The van der Waals surface area contributed by atoms with Crippen molar-refractivity contribution in [2.24, 2.45) is 5.92 Å². The Morgan fingerprint density at radius 2 is 2.20 bits per heavy atom. The number of hydrogen-bond donors (Lipinski definition) is 0. The third-order valence-electron chi connectivity index (χ3n) is 2.41. The maximum absolute atomic E-state index is 12.3. The Balaban J connectivity index is 2.46. The molecule has 0 aromatic carbocycles. The zero-order chi connectivity index (χ0) is 11.5. The second-order valence-corrected chi connectivity index (χ2v) is 5.30. The lowest BCUT2D eigenvalue weighted by molar-refractivity contribution is 0.284. The smallest absolute Gasteiger partial charge is 0.445 e. The number of halogens is 3. The van der Waals surface area contributed by atoms with Gasteiger partial charge < -0.3 is 17.8 Å². The fraction of sp³-hybridized carbons (Fsp3) is 0.778. The molecule has 0 aliphatic carbocycles. The molecule has 0 aromatic heterocycles. The van der Waals surface area contributed by atoms with Crippen molar-refractivity contribution in [2.45, 2.75) is 6.92 Å². The van der Waals surface area contributed by atoms with Gasteiger partial charge in [-0.15, -0.1) is 12.1 Å². The molecular weight excluding hydrogens is 222 g/mol. The predicted octanol–water partition coefficient (Wildman–Crippen LogP) is 2.61. The van der Waals surface area contributed by atoms with Gasteiger partial charge in [-0.25, -0.2) is 0 Å². The van der Waals surface area contributed by atoms with E-state index in [1.807, 2.05) is 16.7 Å². The van der Waals surface area contributed by atoms with Crippen LogP contribution in [0.15, 0.2) is 12.1 Å². The zero-order valence-corrected chi connectivity index (χ0v) is 9.70. The van der Waals surface area contributed by atoms with E-state index in [1.165, 1.54) is 0 Å². The summed E-state index contributed by atoms with van der Waals surface area (Å²) >= 11 is 1.81. The molecule has 1 aliphatic rings. The Morgan fingerprint density at radius 3 is 2.80 bits per heavy atom. The lowest BCUT2D eigenvalue weighted by atomic mass is 9.80. The standard InChI is InChI=1S/C9H16BF3NS/c1-8-5-14(3-4-15-7-8)6-9(2)10(11,12)13/h8H,2-7H2,1H3/q-1. The van der Waals surface area contributed by atoms with Crippen molar-refractivity contribution >= 4 is 18.7 Å². The van der Waals surface area contributed by atoms with Crippen LogP contribution >= 0.6 is 11.8 Å². The molecule has 1 atom stereocenters. The van der Waals surface area contributed by atoms with E-state index in [2.05, 4.69) is 13.5 Å². The highest BCUT2D eigenvalue weighted by Gasteiger charge is 2.28. The van der Waals surface area contributed by atoms with E-state index in [4.69, 9.17) is 0 Å². The Bertz CT molecular complexity index is 232. The average molecular weight is 238 g/mol. The van der Waals surface area contributed by atoms with Crippen LogP contribution in [0.1, 0.15) is 6.92 Å². The number of thioether (sulfide) groups is 1. The summed E-state index contributed by atoms with van der Waals surface area (Å²) in [6.45, 7) is 1.80. The molecule has 0 bridgehead atoms. The van der Waals surface area contributed by atoms with Gasteiger partial charge in [0, 0.05) is 18.8 Å². The summed E-state index contributed by atoms with van der Waals surface area (Å²) in [5.41, 5.74) is -0.575. The molecule has 1 aliphatic heterocycles. The molecule has 88 valence electrons. The summed E-state index contributed by atoms with van der Waals surface area (Å²) < 4.78 is 37.0. The third-order valence-corrected chi connectivity index (χ3v) is 3.69. The maximum Gasteiger partial charge on any atom is 0.506 e. The molecule has 1 unspecified atom stereocenters. The van der Waals surface area contributed by atoms with Crippen molar-refractivity contribution in [1.82, 2.24) is 4.90 Å². The molecule has 6 heteroatoms. The molecule has 0 N–H and O–H groups in total. The molecule has 0 aromatic rings. The summed E-state index contributed by atoms with van der Waals surface area (Å²) in [4.78, 5) is 1.86. The second kappa shape index (κ2) is 5.30. The lowest BCUT2D eigenvalue weighted by Gasteiger charge is -2.27. The van der Waals surface area contributed by atoms with Crippen LogP contribution < -0.4 is 0 Å². The molecule has 1 saturated heterocycles. The zero-order valence-electron chi connectivity index (χ0n) is 8.89. The third kappa shape index (κ3) is 4.51. The maximum atomic E-state index is 12.3. The van der Waals surface area contributed by atoms with Crippen molar-refractivity contribution < 1.29 is 12.9 Å². The minimum Gasteiger partial charge on any atom is -0.445 e. The topological polar surface area (TPSA) is 3.24 Å². The monoisotopic (exact) mass is 238 g/mol. The molecule has 15 heavy (non-hydrogen) atoms. The molecule has 0 radical (unpaired) electrons. The highest BCUT2D eigenvalue weighted by Crippen LogP contribution is 2.21. The Morgan fingerprint density at radius 1 is 1.53 bits per heavy atom. The van der Waals surface area contributed by atoms with Gasteiger partial charge in [0.1, 0.15) is 0 Å². The Labute approximate surface area is 93.1 Å². The van der Waals surface area contributed by atoms with Crippen molar-refractivity contribution in [3.05, 3.63) is 12.1 Å². The Kier molecular flexibility index (Phi) is 4.58. The Hall–Kier alpha value is -0.0951. The van der Waals surface area contributed by atoms with Crippen LogP contribution in [0.4, 0.5) is 12.9 Å². The van der Waals surface area contributed by atoms with Gasteiger partial charge in [-0.2, -0.15) is 11.8 Å². The van der Waals surface area contributed by atoms with Crippen molar-refractivity contribution in [3.63, 3.8) is 0 Å². The predicted molar refractivity (Wildman–Crippen MR) is 61.1 cm³/mol. The van der Waals surface area contributed by atoms with Gasteiger partial charge in [0.15, 0.2) is 0 Å². The van der Waals surface area contributed by atoms with Gasteiger partial charge in [-0.1, -0.05) is 6.92 Å². The quantitative estimate of drug-likeness (QED) is 0.695. The molecule has 1 heterocycles. The molecule has 0 saturated carbocycles.